The molecular weight excluding hydrogens is 882 g/mol. The van der Waals surface area contributed by atoms with Gasteiger partial charge in [0.05, 0.1) is 21.4 Å². The summed E-state index contributed by atoms with van der Waals surface area (Å²) in [5, 5.41) is 1.23. The molecule has 0 amide bonds. The number of hydrogen-bond acceptors (Lipinski definition) is 6. The zero-order valence-corrected chi connectivity index (χ0v) is 46.7. The van der Waals surface area contributed by atoms with Crippen molar-refractivity contribution in [3.63, 3.8) is 0 Å². The van der Waals surface area contributed by atoms with Crippen LogP contribution in [0.25, 0.3) is 10.2 Å². The molecule has 0 N–H and O–H groups in total. The summed E-state index contributed by atoms with van der Waals surface area (Å²) in [5.41, 5.74) is 9.34. The van der Waals surface area contributed by atoms with Crippen LogP contribution in [0.1, 0.15) is 204 Å². The van der Waals surface area contributed by atoms with Gasteiger partial charge in [0.15, 0.2) is 5.89 Å². The second kappa shape index (κ2) is 31.5. The van der Waals surface area contributed by atoms with Crippen molar-refractivity contribution in [2.75, 3.05) is 0 Å². The molecule has 6 nitrogen and oxygen atoms in total. The number of rotatable bonds is 7. The van der Waals surface area contributed by atoms with Gasteiger partial charge < -0.3 is 8.98 Å². The lowest BCUT2D eigenvalue weighted by molar-refractivity contribution is 0.471. The molecule has 0 unspecified atom stereocenters. The standard InChI is InChI=1S/C13H20.C10H11NS.C9H11F.C8H13N.2C8H11N.C6H9NO/c1-10(2)11-6-8-12(9-7-11)13(3,4)5;1-7(2)10-11-8-5-3-4-6-9(8)12-10;1-7(2)8-3-5-9(10)6-4-8;1-7(2)8-5-4-6-9(8)3;1-7(2)8-3-5-9-6-4-8;1-7(2)8-5-3-4-6-9-8;1-5(2)6-7-3-4-8-6/h6-10H,1-5H3;3-7H,1-2H3;3-7H,1-2H3;4-7H,1-3H3;2*3-7H,1-2H3;3-5H,1-2H3. The third kappa shape index (κ3) is 23.3. The quantitative estimate of drug-likeness (QED) is 0.159. The maximum atomic E-state index is 12.4. The fourth-order valence-corrected chi connectivity index (χ4v) is 7.38. The zero-order chi connectivity index (χ0) is 52.4. The van der Waals surface area contributed by atoms with E-state index in [1.807, 2.05) is 81.0 Å². The van der Waals surface area contributed by atoms with Crippen molar-refractivity contribution < 1.29 is 8.81 Å². The normalized spacial score (nSPS) is 10.8. The van der Waals surface area contributed by atoms with Crippen LogP contribution in [0.4, 0.5) is 4.39 Å². The Morgan fingerprint density at radius 3 is 1.41 bits per heavy atom. The number of aromatic nitrogens is 5. The van der Waals surface area contributed by atoms with Crippen LogP contribution in [0.15, 0.2) is 157 Å². The number of thiazole rings is 1. The van der Waals surface area contributed by atoms with Crippen LogP contribution < -0.4 is 0 Å². The predicted molar refractivity (Wildman–Crippen MR) is 300 cm³/mol. The Bertz CT molecular complexity index is 2440. The number of fused-ring (bicyclic) bond motifs is 1. The van der Waals surface area contributed by atoms with Crippen molar-refractivity contribution >= 4 is 21.6 Å². The molecule has 0 atom stereocenters. The molecule has 8 heteroatoms. The molecule has 5 heterocycles. The van der Waals surface area contributed by atoms with Crippen LogP contribution in [0.5, 0.6) is 0 Å². The van der Waals surface area contributed by atoms with Crippen LogP contribution in [-0.2, 0) is 12.5 Å². The van der Waals surface area contributed by atoms with Crippen molar-refractivity contribution in [1.82, 2.24) is 24.5 Å². The van der Waals surface area contributed by atoms with E-state index in [0.717, 1.165) is 17.1 Å². The summed E-state index contributed by atoms with van der Waals surface area (Å²) in [4.78, 5) is 16.6. The zero-order valence-electron chi connectivity index (χ0n) is 45.9. The summed E-state index contributed by atoms with van der Waals surface area (Å²) >= 11 is 1.79. The fourth-order valence-electron chi connectivity index (χ4n) is 6.41. The maximum Gasteiger partial charge on any atom is 0.196 e. The fraction of sp³-hybridized carbons (Fsp3) is 0.419. The lowest BCUT2D eigenvalue weighted by Crippen LogP contribution is -2.10. The molecule has 0 aliphatic heterocycles. The van der Waals surface area contributed by atoms with Crippen LogP contribution in [0.3, 0.4) is 0 Å². The highest BCUT2D eigenvalue weighted by Gasteiger charge is 2.13. The first-order chi connectivity index (χ1) is 33.0. The third-order valence-electron chi connectivity index (χ3n) is 11.0. The highest BCUT2D eigenvalue weighted by molar-refractivity contribution is 7.18. The molecule has 3 aromatic carbocycles. The molecule has 0 aliphatic rings. The molecule has 70 heavy (non-hydrogen) atoms. The molecule has 0 aliphatic carbocycles. The molecule has 0 saturated carbocycles. The van der Waals surface area contributed by atoms with Gasteiger partial charge in [-0.15, -0.1) is 11.3 Å². The second-order valence-corrected chi connectivity index (χ2v) is 21.5. The van der Waals surface area contributed by atoms with Gasteiger partial charge in [-0.3, -0.25) is 9.97 Å². The van der Waals surface area contributed by atoms with E-state index in [9.17, 15) is 4.39 Å². The van der Waals surface area contributed by atoms with E-state index in [0.29, 0.717) is 41.4 Å². The van der Waals surface area contributed by atoms with E-state index in [2.05, 4.69) is 196 Å². The Labute approximate surface area is 427 Å². The Morgan fingerprint density at radius 2 is 1.06 bits per heavy atom. The summed E-state index contributed by atoms with van der Waals surface area (Å²) in [5.74, 6) is 4.53. The van der Waals surface area contributed by atoms with Gasteiger partial charge >= 0.3 is 0 Å². The van der Waals surface area contributed by atoms with Gasteiger partial charge in [-0.05, 0) is 118 Å². The topological polar surface area (TPSA) is 69.6 Å². The highest BCUT2D eigenvalue weighted by Crippen LogP contribution is 2.27. The number of benzene rings is 3. The minimum absolute atomic E-state index is 0.163. The smallest absolute Gasteiger partial charge is 0.196 e. The highest BCUT2D eigenvalue weighted by atomic mass is 32.1. The first kappa shape index (κ1) is 60.4. The van der Waals surface area contributed by atoms with Gasteiger partial charge in [0, 0.05) is 55.1 Å². The molecule has 0 radical (unpaired) electrons. The average Bonchev–Trinajstić information content (AvgIpc) is 4.13. The number of hydrogen-bond donors (Lipinski definition) is 0. The van der Waals surface area contributed by atoms with Crippen LogP contribution in [-0.4, -0.2) is 24.5 Å². The van der Waals surface area contributed by atoms with Crippen molar-refractivity contribution in [1.29, 1.82) is 0 Å². The van der Waals surface area contributed by atoms with Crippen molar-refractivity contribution in [3.05, 3.63) is 203 Å². The molecule has 8 rings (SSSR count). The van der Waals surface area contributed by atoms with E-state index >= 15 is 0 Å². The number of para-hydroxylation sites is 1. The van der Waals surface area contributed by atoms with Gasteiger partial charge in [0.1, 0.15) is 12.1 Å². The SMILES string of the molecule is CC(C)c1ccc(C(C)(C)C)cc1.CC(C)c1ccc(F)cc1.CC(C)c1ccccn1.CC(C)c1cccn1C.CC(C)c1ccncc1.CC(C)c1nc2ccccc2s1.CC(C)c1ncco1. The van der Waals surface area contributed by atoms with E-state index in [-0.39, 0.29) is 11.2 Å². The Balaban J connectivity index is 0.000000282. The Hall–Kier alpha value is -5.73. The number of nitrogens with zero attached hydrogens (tertiary/aromatic N) is 5. The van der Waals surface area contributed by atoms with Crippen molar-refractivity contribution in [3.8, 4) is 0 Å². The van der Waals surface area contributed by atoms with Crippen LogP contribution >= 0.6 is 11.3 Å². The number of pyridine rings is 2. The summed E-state index contributed by atoms with van der Waals surface area (Å²) in [6, 6.07) is 38.2. The van der Waals surface area contributed by atoms with Gasteiger partial charge in [0.2, 0.25) is 0 Å². The maximum absolute atomic E-state index is 12.4. The molecule has 5 aromatic heterocycles. The predicted octanol–water partition coefficient (Wildman–Crippen LogP) is 18.8. The molecular formula is C62H86FN5OS. The van der Waals surface area contributed by atoms with Crippen LogP contribution in [0, 0.1) is 5.82 Å². The molecule has 0 fully saturated rings. The average molecular weight is 968 g/mol. The van der Waals surface area contributed by atoms with Gasteiger partial charge in [0.25, 0.3) is 0 Å². The first-order valence-corrected chi connectivity index (χ1v) is 25.9. The summed E-state index contributed by atoms with van der Waals surface area (Å²) in [6.45, 7) is 36.9. The van der Waals surface area contributed by atoms with E-state index in [1.165, 1.54) is 49.8 Å². The second-order valence-electron chi connectivity index (χ2n) is 20.5. The van der Waals surface area contributed by atoms with E-state index in [1.54, 1.807) is 23.8 Å². The molecule has 0 bridgehead atoms. The summed E-state index contributed by atoms with van der Waals surface area (Å²) in [6.07, 6.45) is 10.8. The first-order valence-electron chi connectivity index (χ1n) is 25.0. The molecule has 378 valence electrons. The number of oxazole rings is 1. The largest absolute Gasteiger partial charge is 0.449 e. The van der Waals surface area contributed by atoms with Gasteiger partial charge in [-0.25, -0.2) is 14.4 Å². The summed E-state index contributed by atoms with van der Waals surface area (Å²) < 4.78 is 20.8. The Kier molecular flexibility index (Phi) is 27.2. The van der Waals surface area contributed by atoms with Crippen molar-refractivity contribution in [2.45, 2.75) is 165 Å². The monoisotopic (exact) mass is 968 g/mol. The molecule has 0 spiro atoms. The minimum Gasteiger partial charge on any atom is -0.449 e. The molecule has 0 saturated heterocycles. The van der Waals surface area contributed by atoms with E-state index in [4.69, 9.17) is 4.42 Å². The van der Waals surface area contributed by atoms with Gasteiger partial charge in [-0.1, -0.05) is 172 Å². The van der Waals surface area contributed by atoms with Crippen LogP contribution in [0.2, 0.25) is 0 Å². The lowest BCUT2D eigenvalue weighted by atomic mass is 9.86. The summed E-state index contributed by atoms with van der Waals surface area (Å²) in [7, 11) is 2.08. The lowest BCUT2D eigenvalue weighted by Gasteiger charge is -2.19. The van der Waals surface area contributed by atoms with Gasteiger partial charge in [-0.2, -0.15) is 0 Å². The third-order valence-corrected chi connectivity index (χ3v) is 12.3. The van der Waals surface area contributed by atoms with Crippen molar-refractivity contribution in [2.24, 2.45) is 7.05 Å². The van der Waals surface area contributed by atoms with E-state index < -0.39 is 0 Å². The number of halogens is 1. The Morgan fingerprint density at radius 1 is 0.514 bits per heavy atom. The number of aryl methyl sites for hydroxylation is 1. The minimum atomic E-state index is -0.163. The molecule has 8 aromatic rings.